The second-order valence-electron chi connectivity index (χ2n) is 6.88. The van der Waals surface area contributed by atoms with Crippen LogP contribution in [0.5, 0.6) is 0 Å². The van der Waals surface area contributed by atoms with Crippen LogP contribution in [0.3, 0.4) is 0 Å². The van der Waals surface area contributed by atoms with E-state index in [2.05, 4.69) is 21.1 Å². The first kappa shape index (κ1) is 16.6. The van der Waals surface area contributed by atoms with Crippen molar-refractivity contribution in [2.24, 2.45) is 10.9 Å². The Bertz CT molecular complexity index is 1060. The molecule has 1 aliphatic heterocycles. The SMILES string of the molecule is Nc1nc2n(n1)C(c1cccc(Cl)c1)C1C(=O)CC(c3cccs3)CC1=N2. The molecule has 8 heteroatoms. The molecule has 1 aromatic carbocycles. The van der Waals surface area contributed by atoms with E-state index in [1.807, 2.05) is 35.7 Å². The quantitative estimate of drug-likeness (QED) is 0.707. The van der Waals surface area contributed by atoms with Crippen molar-refractivity contribution in [2.45, 2.75) is 24.8 Å². The summed E-state index contributed by atoms with van der Waals surface area (Å²) in [5.41, 5.74) is 7.60. The van der Waals surface area contributed by atoms with Crippen molar-refractivity contribution in [1.82, 2.24) is 14.8 Å². The van der Waals surface area contributed by atoms with Gasteiger partial charge in [0.15, 0.2) is 0 Å². The molecule has 1 saturated carbocycles. The predicted molar refractivity (Wildman–Crippen MR) is 106 cm³/mol. The van der Waals surface area contributed by atoms with Crippen molar-refractivity contribution in [2.75, 3.05) is 5.73 Å². The molecule has 1 fully saturated rings. The standard InChI is InChI=1S/C19H16ClN5OS/c20-12-4-1-3-10(7-12)17-16-13(22-19-23-18(21)24-25(17)19)8-11(9-14(16)26)15-5-2-6-27-15/h1-7,11,16-17H,8-9H2,(H2,21,24). The Labute approximate surface area is 164 Å². The average molecular weight is 398 g/mol. The van der Waals surface area contributed by atoms with Gasteiger partial charge in [-0.25, -0.2) is 9.67 Å². The van der Waals surface area contributed by atoms with Gasteiger partial charge in [-0.3, -0.25) is 4.79 Å². The summed E-state index contributed by atoms with van der Waals surface area (Å²) in [6.07, 6.45) is 1.24. The molecule has 0 bridgehead atoms. The zero-order valence-electron chi connectivity index (χ0n) is 14.2. The van der Waals surface area contributed by atoms with Crippen LogP contribution in [0, 0.1) is 5.92 Å². The van der Waals surface area contributed by atoms with Gasteiger partial charge in [0.1, 0.15) is 5.78 Å². The van der Waals surface area contributed by atoms with Gasteiger partial charge in [-0.15, -0.1) is 16.4 Å². The number of Topliss-reactive ketones (excluding diaryl/α,β-unsaturated/α-hetero) is 1. The number of carbonyl (C=O) groups excluding carboxylic acids is 1. The minimum atomic E-state index is -0.367. The molecule has 3 unspecified atom stereocenters. The minimum absolute atomic E-state index is 0.155. The van der Waals surface area contributed by atoms with Crippen molar-refractivity contribution >= 4 is 46.3 Å². The Morgan fingerprint density at radius 3 is 2.89 bits per heavy atom. The fourth-order valence-electron chi connectivity index (χ4n) is 4.09. The van der Waals surface area contributed by atoms with Gasteiger partial charge in [0.05, 0.1) is 12.0 Å². The number of aromatic nitrogens is 3. The van der Waals surface area contributed by atoms with Crippen LogP contribution >= 0.6 is 22.9 Å². The molecule has 0 amide bonds. The van der Waals surface area contributed by atoms with Crippen LogP contribution in [0.4, 0.5) is 11.9 Å². The molecule has 5 rings (SSSR count). The van der Waals surface area contributed by atoms with Crippen molar-refractivity contribution in [3.05, 3.63) is 57.2 Å². The first-order valence-electron chi connectivity index (χ1n) is 8.71. The van der Waals surface area contributed by atoms with Gasteiger partial charge in [0, 0.05) is 28.0 Å². The summed E-state index contributed by atoms with van der Waals surface area (Å²) < 4.78 is 1.67. The van der Waals surface area contributed by atoms with Crippen molar-refractivity contribution in [1.29, 1.82) is 0 Å². The first-order chi connectivity index (χ1) is 13.1. The highest BCUT2D eigenvalue weighted by atomic mass is 35.5. The number of nitrogen functional groups attached to an aromatic ring is 1. The summed E-state index contributed by atoms with van der Waals surface area (Å²) in [5, 5.41) is 6.98. The molecule has 0 saturated heterocycles. The molecule has 2 aromatic heterocycles. The number of nitrogens with two attached hydrogens (primary N) is 1. The maximum absolute atomic E-state index is 13.2. The number of carbonyl (C=O) groups is 1. The lowest BCUT2D eigenvalue weighted by molar-refractivity contribution is -0.122. The van der Waals surface area contributed by atoms with E-state index in [4.69, 9.17) is 17.3 Å². The molecule has 1 aliphatic carbocycles. The number of benzene rings is 1. The maximum Gasteiger partial charge on any atom is 0.250 e. The van der Waals surface area contributed by atoms with E-state index < -0.39 is 0 Å². The largest absolute Gasteiger partial charge is 0.366 e. The number of aliphatic imine (C=N–C) groups is 1. The number of ketones is 1. The number of fused-ring (bicyclic) bond motifs is 2. The Kier molecular flexibility index (Phi) is 3.87. The van der Waals surface area contributed by atoms with E-state index in [9.17, 15) is 4.79 Å². The molecular weight excluding hydrogens is 382 g/mol. The van der Waals surface area contributed by atoms with Crippen molar-refractivity contribution in [3.8, 4) is 0 Å². The molecule has 27 heavy (non-hydrogen) atoms. The molecule has 3 aromatic rings. The maximum atomic E-state index is 13.2. The zero-order chi connectivity index (χ0) is 18.5. The van der Waals surface area contributed by atoms with Crippen LogP contribution in [0.1, 0.15) is 35.2 Å². The Morgan fingerprint density at radius 1 is 1.22 bits per heavy atom. The van der Waals surface area contributed by atoms with Gasteiger partial charge < -0.3 is 5.73 Å². The number of nitrogens with zero attached hydrogens (tertiary/aromatic N) is 4. The van der Waals surface area contributed by atoms with Crippen molar-refractivity contribution in [3.63, 3.8) is 0 Å². The molecular formula is C19H16ClN5OS. The van der Waals surface area contributed by atoms with E-state index >= 15 is 0 Å². The Balaban J connectivity index is 1.63. The number of rotatable bonds is 2. The molecule has 136 valence electrons. The highest BCUT2D eigenvalue weighted by molar-refractivity contribution is 7.10. The summed E-state index contributed by atoms with van der Waals surface area (Å²) in [6.45, 7) is 0. The summed E-state index contributed by atoms with van der Waals surface area (Å²) in [5.74, 6) is 0.571. The van der Waals surface area contributed by atoms with Crippen molar-refractivity contribution < 1.29 is 4.79 Å². The molecule has 0 spiro atoms. The number of anilines is 1. The normalized spacial score (nSPS) is 24.3. The molecule has 3 atom stereocenters. The monoisotopic (exact) mass is 397 g/mol. The van der Waals surface area contributed by atoms with Gasteiger partial charge in [-0.2, -0.15) is 4.98 Å². The third-order valence-corrected chi connectivity index (χ3v) is 6.47. The van der Waals surface area contributed by atoms with E-state index in [-0.39, 0.29) is 29.6 Å². The molecule has 2 aliphatic rings. The average Bonchev–Trinajstić information content (AvgIpc) is 3.28. The predicted octanol–water partition coefficient (Wildman–Crippen LogP) is 4.01. The van der Waals surface area contributed by atoms with Crippen LogP contribution in [-0.2, 0) is 4.79 Å². The van der Waals surface area contributed by atoms with Gasteiger partial charge in [-0.05, 0) is 35.6 Å². The zero-order valence-corrected chi connectivity index (χ0v) is 15.8. The highest BCUT2D eigenvalue weighted by Crippen LogP contribution is 2.44. The lowest BCUT2D eigenvalue weighted by Gasteiger charge is -2.36. The van der Waals surface area contributed by atoms with Gasteiger partial charge in [0.25, 0.3) is 0 Å². The lowest BCUT2D eigenvalue weighted by Crippen LogP contribution is -2.41. The molecule has 6 nitrogen and oxygen atoms in total. The third kappa shape index (κ3) is 2.78. The third-order valence-electron chi connectivity index (χ3n) is 5.20. The number of hydrogen-bond acceptors (Lipinski definition) is 6. The van der Waals surface area contributed by atoms with Crippen LogP contribution in [-0.4, -0.2) is 26.3 Å². The number of thiophene rings is 1. The molecule has 3 heterocycles. The van der Waals surface area contributed by atoms with Gasteiger partial charge in [-0.1, -0.05) is 29.8 Å². The molecule has 2 N–H and O–H groups in total. The Morgan fingerprint density at radius 2 is 2.11 bits per heavy atom. The summed E-state index contributed by atoms with van der Waals surface area (Å²) in [4.78, 5) is 23.4. The van der Waals surface area contributed by atoms with Crippen LogP contribution < -0.4 is 5.73 Å². The highest BCUT2D eigenvalue weighted by Gasteiger charge is 2.44. The summed E-state index contributed by atoms with van der Waals surface area (Å²) in [7, 11) is 0. The van der Waals surface area contributed by atoms with E-state index in [1.165, 1.54) is 4.88 Å². The van der Waals surface area contributed by atoms with Crippen LogP contribution in [0.2, 0.25) is 5.02 Å². The molecule has 0 radical (unpaired) electrons. The van der Waals surface area contributed by atoms with Crippen LogP contribution in [0.15, 0.2) is 46.8 Å². The van der Waals surface area contributed by atoms with Gasteiger partial charge in [0.2, 0.25) is 11.9 Å². The van der Waals surface area contributed by atoms with E-state index in [0.29, 0.717) is 17.4 Å². The number of hydrogen-bond donors (Lipinski definition) is 1. The van der Waals surface area contributed by atoms with E-state index in [0.717, 1.165) is 17.7 Å². The minimum Gasteiger partial charge on any atom is -0.366 e. The van der Waals surface area contributed by atoms with E-state index in [1.54, 1.807) is 16.0 Å². The summed E-state index contributed by atoms with van der Waals surface area (Å²) >= 11 is 7.90. The smallest absolute Gasteiger partial charge is 0.250 e. The Hall–Kier alpha value is -2.51. The number of halogens is 1. The second kappa shape index (κ2) is 6.28. The second-order valence-corrected chi connectivity index (χ2v) is 8.30. The fourth-order valence-corrected chi connectivity index (χ4v) is 5.12. The van der Waals surface area contributed by atoms with Gasteiger partial charge >= 0.3 is 0 Å². The topological polar surface area (TPSA) is 86.2 Å². The summed E-state index contributed by atoms with van der Waals surface area (Å²) in [6, 6.07) is 11.3. The lowest BCUT2D eigenvalue weighted by atomic mass is 9.73. The fraction of sp³-hybridized carbons (Fsp3) is 0.263. The first-order valence-corrected chi connectivity index (χ1v) is 9.97. The van der Waals surface area contributed by atoms with Crippen LogP contribution in [0.25, 0.3) is 0 Å².